The number of nitrogens with one attached hydrogen (secondary N) is 1. The first-order valence-corrected chi connectivity index (χ1v) is 10.6. The van der Waals surface area contributed by atoms with Crippen LogP contribution in [0.25, 0.3) is 0 Å². The summed E-state index contributed by atoms with van der Waals surface area (Å²) in [5.41, 5.74) is 0.217. The van der Waals surface area contributed by atoms with Crippen molar-refractivity contribution in [1.82, 2.24) is 5.32 Å². The molecular formula is C16H20Cl2N2O3S. The fraction of sp³-hybridized carbons (Fsp3) is 0.562. The second-order valence-corrected chi connectivity index (χ2v) is 9.38. The topological polar surface area (TPSA) is 66.5 Å². The minimum absolute atomic E-state index is 0.123. The van der Waals surface area contributed by atoms with Gasteiger partial charge in [0.05, 0.1) is 22.0 Å². The minimum atomic E-state index is -3.67. The summed E-state index contributed by atoms with van der Waals surface area (Å²) in [5.74, 6) is 0.920. The van der Waals surface area contributed by atoms with Crippen LogP contribution in [0, 0.1) is 11.8 Å². The molecule has 3 rings (SSSR count). The van der Waals surface area contributed by atoms with E-state index in [1.54, 1.807) is 18.2 Å². The van der Waals surface area contributed by atoms with Gasteiger partial charge in [0.1, 0.15) is 6.54 Å². The summed E-state index contributed by atoms with van der Waals surface area (Å²) in [6, 6.07) is 4.88. The third kappa shape index (κ3) is 3.65. The fourth-order valence-electron chi connectivity index (χ4n) is 3.87. The first-order chi connectivity index (χ1) is 11.3. The monoisotopic (exact) mass is 390 g/mol. The van der Waals surface area contributed by atoms with Crippen LogP contribution < -0.4 is 9.62 Å². The predicted molar refractivity (Wildman–Crippen MR) is 96.0 cm³/mol. The highest BCUT2D eigenvalue weighted by Gasteiger charge is 2.40. The van der Waals surface area contributed by atoms with Gasteiger partial charge in [-0.25, -0.2) is 8.42 Å². The third-order valence-electron chi connectivity index (χ3n) is 4.97. The molecule has 1 amide bonds. The molecule has 24 heavy (non-hydrogen) atoms. The van der Waals surface area contributed by atoms with E-state index in [9.17, 15) is 13.2 Å². The van der Waals surface area contributed by atoms with Gasteiger partial charge in [0, 0.05) is 6.04 Å². The van der Waals surface area contributed by atoms with Crippen molar-refractivity contribution in [2.45, 2.75) is 31.7 Å². The zero-order valence-corrected chi connectivity index (χ0v) is 15.7. The van der Waals surface area contributed by atoms with Crippen molar-refractivity contribution in [3.05, 3.63) is 28.2 Å². The van der Waals surface area contributed by atoms with Crippen molar-refractivity contribution in [1.29, 1.82) is 0 Å². The Morgan fingerprint density at radius 3 is 2.62 bits per heavy atom. The second kappa shape index (κ2) is 6.73. The highest BCUT2D eigenvalue weighted by atomic mass is 35.5. The van der Waals surface area contributed by atoms with Crippen molar-refractivity contribution in [3.63, 3.8) is 0 Å². The molecule has 2 saturated carbocycles. The van der Waals surface area contributed by atoms with E-state index in [1.165, 1.54) is 12.8 Å². The Balaban J connectivity index is 1.75. The Labute approximate surface area is 152 Å². The molecule has 1 N–H and O–H groups in total. The lowest BCUT2D eigenvalue weighted by molar-refractivity contribution is -0.120. The molecular weight excluding hydrogens is 371 g/mol. The third-order valence-corrected chi connectivity index (χ3v) is 6.91. The Morgan fingerprint density at radius 1 is 1.29 bits per heavy atom. The number of carbonyl (C=O) groups is 1. The number of fused-ring (bicyclic) bond motifs is 2. The Kier molecular flexibility index (Phi) is 5.00. The molecule has 0 saturated heterocycles. The lowest BCUT2D eigenvalue weighted by Gasteiger charge is -2.26. The highest BCUT2D eigenvalue weighted by molar-refractivity contribution is 7.92. The van der Waals surface area contributed by atoms with Crippen molar-refractivity contribution >= 4 is 44.8 Å². The number of rotatable bonds is 5. The number of carbonyl (C=O) groups excluding carboxylic acids is 1. The van der Waals surface area contributed by atoms with E-state index < -0.39 is 10.0 Å². The van der Waals surface area contributed by atoms with Crippen molar-refractivity contribution < 1.29 is 13.2 Å². The summed E-state index contributed by atoms with van der Waals surface area (Å²) in [5, 5.41) is 3.36. The van der Waals surface area contributed by atoms with Crippen molar-refractivity contribution in [3.8, 4) is 0 Å². The van der Waals surface area contributed by atoms with Gasteiger partial charge in [-0.2, -0.15) is 0 Å². The standard InChI is InChI=1S/C16H20Cl2N2O3S/c1-24(22,23)20(14-4-2-3-12(17)16(14)18)9-15(21)19-13-8-10-5-6-11(13)7-10/h2-4,10-11,13H,5-9H2,1H3,(H,19,21)/t10-,11+,13+/m0/s1. The van der Waals surface area contributed by atoms with Crippen molar-refractivity contribution in [2.75, 3.05) is 17.1 Å². The molecule has 8 heteroatoms. The molecule has 0 spiro atoms. The van der Waals surface area contributed by atoms with Crippen LogP contribution in [0.2, 0.25) is 10.0 Å². The Bertz CT molecular complexity index is 754. The van der Waals surface area contributed by atoms with Gasteiger partial charge in [-0.15, -0.1) is 0 Å². The summed E-state index contributed by atoms with van der Waals surface area (Å²) in [6.07, 6.45) is 5.60. The van der Waals surface area contributed by atoms with Crippen LogP contribution in [0.15, 0.2) is 18.2 Å². The van der Waals surface area contributed by atoms with Gasteiger partial charge in [0.2, 0.25) is 15.9 Å². The largest absolute Gasteiger partial charge is 0.352 e. The maximum absolute atomic E-state index is 12.4. The molecule has 5 nitrogen and oxygen atoms in total. The molecule has 2 aliphatic carbocycles. The van der Waals surface area contributed by atoms with Crippen LogP contribution in [0.1, 0.15) is 25.7 Å². The van der Waals surface area contributed by atoms with Gasteiger partial charge in [-0.05, 0) is 43.2 Å². The minimum Gasteiger partial charge on any atom is -0.352 e. The van der Waals surface area contributed by atoms with Gasteiger partial charge in [0.15, 0.2) is 0 Å². The number of halogens is 2. The maximum Gasteiger partial charge on any atom is 0.241 e. The van der Waals surface area contributed by atoms with E-state index in [1.807, 2.05) is 0 Å². The normalized spacial score (nSPS) is 25.7. The summed E-state index contributed by atoms with van der Waals surface area (Å²) in [6.45, 7) is -0.299. The number of amides is 1. The van der Waals surface area contributed by atoms with Crippen LogP contribution >= 0.6 is 23.2 Å². The average molecular weight is 391 g/mol. The number of benzene rings is 1. The van der Waals surface area contributed by atoms with Crippen LogP contribution in [-0.2, 0) is 14.8 Å². The lowest BCUT2D eigenvalue weighted by Crippen LogP contribution is -2.45. The first kappa shape index (κ1) is 17.8. The zero-order valence-electron chi connectivity index (χ0n) is 13.3. The Morgan fingerprint density at radius 2 is 2.04 bits per heavy atom. The number of sulfonamides is 1. The molecule has 2 aliphatic rings. The summed E-state index contributed by atoms with van der Waals surface area (Å²) >= 11 is 12.1. The van der Waals surface area contributed by atoms with Gasteiger partial charge in [0.25, 0.3) is 0 Å². The zero-order chi connectivity index (χ0) is 17.5. The number of nitrogens with zero attached hydrogens (tertiary/aromatic N) is 1. The molecule has 0 heterocycles. The molecule has 132 valence electrons. The molecule has 0 aromatic heterocycles. The van der Waals surface area contributed by atoms with Crippen LogP contribution in [0.5, 0.6) is 0 Å². The maximum atomic E-state index is 12.4. The molecule has 1 aromatic carbocycles. The molecule has 0 unspecified atom stereocenters. The molecule has 3 atom stereocenters. The molecule has 0 aliphatic heterocycles. The molecule has 2 bridgehead atoms. The van der Waals surface area contributed by atoms with E-state index in [-0.39, 0.29) is 34.2 Å². The predicted octanol–water partition coefficient (Wildman–Crippen LogP) is 3.06. The van der Waals surface area contributed by atoms with Gasteiger partial charge in [-0.1, -0.05) is 35.7 Å². The van der Waals surface area contributed by atoms with Gasteiger partial charge < -0.3 is 5.32 Å². The Hall–Kier alpha value is -0.980. The quantitative estimate of drug-likeness (QED) is 0.839. The molecule has 0 radical (unpaired) electrons. The second-order valence-electron chi connectivity index (χ2n) is 6.69. The molecule has 1 aromatic rings. The van der Waals surface area contributed by atoms with Crippen LogP contribution in [0.3, 0.4) is 0 Å². The van der Waals surface area contributed by atoms with Gasteiger partial charge >= 0.3 is 0 Å². The SMILES string of the molecule is CS(=O)(=O)N(CC(=O)N[C@@H]1C[C@H]2CC[C@@H]1C2)c1cccc(Cl)c1Cl. The van der Waals surface area contributed by atoms with E-state index in [4.69, 9.17) is 23.2 Å². The lowest BCUT2D eigenvalue weighted by atomic mass is 9.95. The van der Waals surface area contributed by atoms with Gasteiger partial charge in [-0.3, -0.25) is 9.10 Å². The van der Waals surface area contributed by atoms with Crippen molar-refractivity contribution in [2.24, 2.45) is 11.8 Å². The summed E-state index contributed by atoms with van der Waals surface area (Å²) in [7, 11) is -3.67. The average Bonchev–Trinajstić information content (AvgIpc) is 3.09. The number of hydrogen-bond donors (Lipinski definition) is 1. The van der Waals surface area contributed by atoms with E-state index in [2.05, 4.69) is 5.32 Å². The van der Waals surface area contributed by atoms with E-state index in [0.29, 0.717) is 11.8 Å². The van der Waals surface area contributed by atoms with Crippen LogP contribution in [-0.4, -0.2) is 33.2 Å². The fourth-order valence-corrected chi connectivity index (χ4v) is 5.18. The number of hydrogen-bond acceptors (Lipinski definition) is 3. The van der Waals surface area contributed by atoms with E-state index >= 15 is 0 Å². The summed E-state index contributed by atoms with van der Waals surface area (Å²) < 4.78 is 25.3. The highest BCUT2D eigenvalue weighted by Crippen LogP contribution is 2.44. The smallest absolute Gasteiger partial charge is 0.241 e. The van der Waals surface area contributed by atoms with Crippen LogP contribution in [0.4, 0.5) is 5.69 Å². The number of anilines is 1. The van der Waals surface area contributed by atoms with E-state index in [0.717, 1.165) is 23.4 Å². The summed E-state index contributed by atoms with van der Waals surface area (Å²) in [4.78, 5) is 12.4. The molecule has 2 fully saturated rings. The first-order valence-electron chi connectivity index (χ1n) is 7.97.